The zero-order chi connectivity index (χ0) is 15.2. The number of pyridine rings is 1. The van der Waals surface area contributed by atoms with E-state index < -0.39 is 10.8 Å². The van der Waals surface area contributed by atoms with Gasteiger partial charge in [0.15, 0.2) is 5.78 Å². The number of aromatic nitrogens is 1. The molecule has 0 bridgehead atoms. The van der Waals surface area contributed by atoms with Crippen LogP contribution in [0.2, 0.25) is 0 Å². The lowest BCUT2D eigenvalue weighted by Crippen LogP contribution is -2.29. The Hall–Kier alpha value is -3.09. The Balaban J connectivity index is 1.96. The monoisotopic (exact) mass is 285 g/mol. The molecule has 2 rings (SSSR count). The third-order valence-electron chi connectivity index (χ3n) is 2.73. The van der Waals surface area contributed by atoms with Crippen LogP contribution >= 0.6 is 0 Å². The Labute approximate surface area is 119 Å². The van der Waals surface area contributed by atoms with Gasteiger partial charge in [0.2, 0.25) is 0 Å². The van der Waals surface area contributed by atoms with Gasteiger partial charge in [-0.25, -0.2) is 0 Å². The highest BCUT2D eigenvalue weighted by atomic mass is 16.6. The highest BCUT2D eigenvalue weighted by Gasteiger charge is 2.11. The molecule has 1 heterocycles. The molecule has 1 amide bonds. The maximum absolute atomic E-state index is 11.9. The van der Waals surface area contributed by atoms with Crippen LogP contribution in [0.3, 0.4) is 0 Å². The number of benzene rings is 1. The largest absolute Gasteiger partial charge is 0.345 e. The van der Waals surface area contributed by atoms with Crippen LogP contribution in [0.1, 0.15) is 20.7 Å². The minimum atomic E-state index is -0.543. The van der Waals surface area contributed by atoms with Crippen LogP contribution < -0.4 is 5.32 Å². The molecule has 106 valence electrons. The number of non-ortho nitro benzene ring substituents is 1. The number of carbonyl (C=O) groups is 2. The molecule has 1 aromatic carbocycles. The average molecular weight is 285 g/mol. The Morgan fingerprint density at radius 2 is 1.86 bits per heavy atom. The molecule has 0 fully saturated rings. The van der Waals surface area contributed by atoms with Gasteiger partial charge in [-0.2, -0.15) is 0 Å². The van der Waals surface area contributed by atoms with Crippen molar-refractivity contribution >= 4 is 17.4 Å². The molecule has 1 N–H and O–H groups in total. The van der Waals surface area contributed by atoms with Gasteiger partial charge >= 0.3 is 0 Å². The van der Waals surface area contributed by atoms with E-state index in [1.807, 2.05) is 0 Å². The van der Waals surface area contributed by atoms with Crippen molar-refractivity contribution in [2.75, 3.05) is 6.54 Å². The van der Waals surface area contributed by atoms with Gasteiger partial charge in [0.1, 0.15) is 0 Å². The number of carbonyl (C=O) groups excluding carboxylic acids is 2. The van der Waals surface area contributed by atoms with Gasteiger partial charge in [0.25, 0.3) is 11.6 Å². The van der Waals surface area contributed by atoms with Crippen LogP contribution in [0, 0.1) is 10.1 Å². The summed E-state index contributed by atoms with van der Waals surface area (Å²) < 4.78 is 0. The number of amides is 1. The van der Waals surface area contributed by atoms with Crippen LogP contribution in [0.5, 0.6) is 0 Å². The summed E-state index contributed by atoms with van der Waals surface area (Å²) in [5.74, 6) is -0.736. The Morgan fingerprint density at radius 1 is 1.14 bits per heavy atom. The van der Waals surface area contributed by atoms with Gasteiger partial charge < -0.3 is 5.32 Å². The molecule has 0 aliphatic heterocycles. The SMILES string of the molecule is O=C(CNC(=O)c1cccnc1)c1ccc([N+](=O)[O-])cc1. The second-order valence-electron chi connectivity index (χ2n) is 4.15. The lowest BCUT2D eigenvalue weighted by molar-refractivity contribution is -0.384. The smallest absolute Gasteiger partial charge is 0.269 e. The molecule has 0 unspecified atom stereocenters. The predicted octanol–water partition coefficient (Wildman–Crippen LogP) is 1.60. The van der Waals surface area contributed by atoms with Crippen LogP contribution in [-0.2, 0) is 0 Å². The van der Waals surface area contributed by atoms with E-state index in [0.29, 0.717) is 11.1 Å². The van der Waals surface area contributed by atoms with E-state index in [4.69, 9.17) is 0 Å². The van der Waals surface area contributed by atoms with Crippen molar-refractivity contribution in [3.63, 3.8) is 0 Å². The molecule has 7 heteroatoms. The van der Waals surface area contributed by atoms with Crippen molar-refractivity contribution in [3.05, 3.63) is 70.0 Å². The van der Waals surface area contributed by atoms with E-state index in [1.165, 1.54) is 30.5 Å². The minimum absolute atomic E-state index is 0.0917. The second-order valence-corrected chi connectivity index (χ2v) is 4.15. The molecule has 21 heavy (non-hydrogen) atoms. The molecule has 0 saturated heterocycles. The van der Waals surface area contributed by atoms with Crippen LogP contribution in [0.4, 0.5) is 5.69 Å². The van der Waals surface area contributed by atoms with Crippen molar-refractivity contribution in [1.29, 1.82) is 0 Å². The zero-order valence-corrected chi connectivity index (χ0v) is 10.9. The fraction of sp³-hybridized carbons (Fsp3) is 0.0714. The van der Waals surface area contributed by atoms with Gasteiger partial charge in [-0.1, -0.05) is 0 Å². The van der Waals surface area contributed by atoms with E-state index in [9.17, 15) is 19.7 Å². The molecule has 0 aliphatic rings. The van der Waals surface area contributed by atoms with Crippen LogP contribution in [0.25, 0.3) is 0 Å². The molecule has 7 nitrogen and oxygen atoms in total. The van der Waals surface area contributed by atoms with E-state index in [-0.39, 0.29) is 18.0 Å². The van der Waals surface area contributed by atoms with E-state index >= 15 is 0 Å². The van der Waals surface area contributed by atoms with Crippen LogP contribution in [-0.4, -0.2) is 28.1 Å². The van der Waals surface area contributed by atoms with E-state index in [0.717, 1.165) is 0 Å². The van der Waals surface area contributed by atoms with Crippen LogP contribution in [0.15, 0.2) is 48.8 Å². The minimum Gasteiger partial charge on any atom is -0.345 e. The molecule has 0 saturated carbocycles. The standard InChI is InChI=1S/C14H11N3O4/c18-13(10-3-5-12(6-4-10)17(20)21)9-16-14(19)11-2-1-7-15-8-11/h1-8H,9H2,(H,16,19). The fourth-order valence-corrected chi connectivity index (χ4v) is 1.63. The summed E-state index contributed by atoms with van der Waals surface area (Å²) >= 11 is 0. The summed E-state index contributed by atoms with van der Waals surface area (Å²) in [6, 6.07) is 8.41. The fourth-order valence-electron chi connectivity index (χ4n) is 1.63. The molecule has 0 aliphatic carbocycles. The number of nitro benzene ring substituents is 1. The average Bonchev–Trinajstić information content (AvgIpc) is 2.53. The van der Waals surface area contributed by atoms with Gasteiger partial charge in [-0.3, -0.25) is 24.7 Å². The maximum Gasteiger partial charge on any atom is 0.269 e. The third kappa shape index (κ3) is 3.69. The van der Waals surface area contributed by atoms with Gasteiger partial charge in [0.05, 0.1) is 17.0 Å². The van der Waals surface area contributed by atoms with Gasteiger partial charge in [-0.05, 0) is 24.3 Å². The summed E-state index contributed by atoms with van der Waals surface area (Å²) in [6.07, 6.45) is 2.94. The molecule has 0 spiro atoms. The molecule has 0 atom stereocenters. The molecular weight excluding hydrogens is 274 g/mol. The van der Waals surface area contributed by atoms with Gasteiger partial charge in [-0.15, -0.1) is 0 Å². The first-order chi connectivity index (χ1) is 10.1. The second kappa shape index (κ2) is 6.38. The lowest BCUT2D eigenvalue weighted by Gasteiger charge is -2.04. The number of hydrogen-bond donors (Lipinski definition) is 1. The third-order valence-corrected chi connectivity index (χ3v) is 2.73. The first-order valence-electron chi connectivity index (χ1n) is 6.04. The van der Waals surface area contributed by atoms with Crippen molar-refractivity contribution in [2.24, 2.45) is 0 Å². The van der Waals surface area contributed by atoms with E-state index in [2.05, 4.69) is 10.3 Å². The number of ketones is 1. The summed E-state index contributed by atoms with van der Waals surface area (Å²) in [7, 11) is 0. The summed E-state index contributed by atoms with van der Waals surface area (Å²) in [4.78, 5) is 37.4. The lowest BCUT2D eigenvalue weighted by atomic mass is 10.1. The van der Waals surface area contributed by atoms with Crippen molar-refractivity contribution in [3.8, 4) is 0 Å². The first kappa shape index (κ1) is 14.3. The molecule has 2 aromatic rings. The number of rotatable bonds is 5. The summed E-state index contributed by atoms with van der Waals surface area (Å²) in [5, 5.41) is 13.0. The number of hydrogen-bond acceptors (Lipinski definition) is 5. The highest BCUT2D eigenvalue weighted by Crippen LogP contribution is 2.12. The zero-order valence-electron chi connectivity index (χ0n) is 10.9. The summed E-state index contributed by atoms with van der Waals surface area (Å²) in [5.41, 5.74) is 0.562. The highest BCUT2D eigenvalue weighted by molar-refractivity contribution is 6.02. The maximum atomic E-state index is 11.9. The number of Topliss-reactive ketones (excluding diaryl/α,β-unsaturated/α-hetero) is 1. The van der Waals surface area contributed by atoms with Gasteiger partial charge in [0, 0.05) is 30.1 Å². The predicted molar refractivity (Wildman–Crippen MR) is 74.0 cm³/mol. The first-order valence-corrected chi connectivity index (χ1v) is 6.04. The number of nitro groups is 1. The summed E-state index contributed by atoms with van der Waals surface area (Å²) in [6.45, 7) is -0.189. The molecule has 0 radical (unpaired) electrons. The Kier molecular flexibility index (Phi) is 4.35. The molecular formula is C14H11N3O4. The van der Waals surface area contributed by atoms with Crippen molar-refractivity contribution in [1.82, 2.24) is 10.3 Å². The topological polar surface area (TPSA) is 102 Å². The Morgan fingerprint density at radius 3 is 2.43 bits per heavy atom. The van der Waals surface area contributed by atoms with E-state index in [1.54, 1.807) is 18.3 Å². The number of nitrogens with zero attached hydrogens (tertiary/aromatic N) is 2. The Bertz CT molecular complexity index is 668. The normalized spacial score (nSPS) is 9.90. The number of nitrogens with one attached hydrogen (secondary N) is 1. The van der Waals surface area contributed by atoms with Crippen molar-refractivity contribution < 1.29 is 14.5 Å². The molecule has 1 aromatic heterocycles. The quantitative estimate of drug-likeness (QED) is 0.510. The van der Waals surface area contributed by atoms with Crippen molar-refractivity contribution in [2.45, 2.75) is 0 Å².